The molecule has 0 aromatic carbocycles. The third-order valence-corrected chi connectivity index (χ3v) is 2.44. The molecule has 4 heteroatoms. The van der Waals surface area contributed by atoms with Crippen molar-refractivity contribution in [3.05, 3.63) is 0 Å². The molecule has 0 bridgehead atoms. The summed E-state index contributed by atoms with van der Waals surface area (Å²) in [5.74, 6) is 0.365. The molecule has 2 rings (SSSR count). The first-order chi connectivity index (χ1) is 6.40. The quantitative estimate of drug-likeness (QED) is 0.631. The van der Waals surface area contributed by atoms with E-state index in [1.165, 1.54) is 0 Å². The molecule has 2 aliphatic heterocycles. The Balaban J connectivity index is 1.80. The van der Waals surface area contributed by atoms with Gasteiger partial charge in [0.2, 0.25) is 0 Å². The van der Waals surface area contributed by atoms with Gasteiger partial charge in [0.15, 0.2) is 6.29 Å². The highest BCUT2D eigenvalue weighted by Gasteiger charge is 2.34. The molecule has 3 unspecified atom stereocenters. The van der Waals surface area contributed by atoms with Crippen LogP contribution in [0.4, 0.5) is 0 Å². The van der Waals surface area contributed by atoms with Crippen LogP contribution in [0.25, 0.3) is 0 Å². The molecule has 13 heavy (non-hydrogen) atoms. The van der Waals surface area contributed by atoms with E-state index < -0.39 is 0 Å². The van der Waals surface area contributed by atoms with Crippen LogP contribution in [0.1, 0.15) is 12.8 Å². The molecular formula is C9H13NO3. The smallest absolute Gasteiger partial charge is 0.163 e. The number of hydrogen-bond donors (Lipinski definition) is 0. The second-order valence-electron chi connectivity index (χ2n) is 3.45. The molecule has 0 aromatic rings. The highest BCUT2D eigenvalue weighted by Crippen LogP contribution is 2.26. The largest absolute Gasteiger partial charge is 0.381 e. The van der Waals surface area contributed by atoms with Crippen molar-refractivity contribution in [2.45, 2.75) is 25.2 Å². The summed E-state index contributed by atoms with van der Waals surface area (Å²) in [5, 5.41) is 8.47. The van der Waals surface area contributed by atoms with Gasteiger partial charge in [0.25, 0.3) is 0 Å². The van der Waals surface area contributed by atoms with E-state index in [4.69, 9.17) is 19.5 Å². The standard InChI is InChI=1S/C9H13NO3/c10-3-1-8-6-12-9(13-8)7-2-4-11-5-7/h7-9H,1-2,4-6H2. The van der Waals surface area contributed by atoms with Crippen LogP contribution in [0.2, 0.25) is 0 Å². The summed E-state index contributed by atoms with van der Waals surface area (Å²) in [6.45, 7) is 2.08. The lowest BCUT2D eigenvalue weighted by Crippen LogP contribution is -2.22. The lowest BCUT2D eigenvalue weighted by atomic mass is 10.1. The van der Waals surface area contributed by atoms with Crippen molar-refractivity contribution in [1.82, 2.24) is 0 Å². The first-order valence-electron chi connectivity index (χ1n) is 4.62. The van der Waals surface area contributed by atoms with Crippen LogP contribution in [0.3, 0.4) is 0 Å². The summed E-state index contributed by atoms with van der Waals surface area (Å²) in [6, 6.07) is 2.08. The summed E-state index contributed by atoms with van der Waals surface area (Å²) >= 11 is 0. The summed E-state index contributed by atoms with van der Waals surface area (Å²) in [7, 11) is 0. The van der Waals surface area contributed by atoms with Gasteiger partial charge in [-0.05, 0) is 6.42 Å². The van der Waals surface area contributed by atoms with Gasteiger partial charge in [-0.3, -0.25) is 0 Å². The van der Waals surface area contributed by atoms with E-state index in [1.807, 2.05) is 0 Å². The van der Waals surface area contributed by atoms with Crippen molar-refractivity contribution in [2.24, 2.45) is 5.92 Å². The van der Waals surface area contributed by atoms with Gasteiger partial charge in [-0.15, -0.1) is 0 Å². The first-order valence-corrected chi connectivity index (χ1v) is 4.62. The molecule has 3 atom stereocenters. The number of ether oxygens (including phenoxy) is 3. The minimum absolute atomic E-state index is 0.0319. The zero-order chi connectivity index (χ0) is 9.10. The Hall–Kier alpha value is -0.630. The van der Waals surface area contributed by atoms with Gasteiger partial charge in [-0.1, -0.05) is 0 Å². The lowest BCUT2D eigenvalue weighted by molar-refractivity contribution is -0.0957. The van der Waals surface area contributed by atoms with Crippen LogP contribution in [0.15, 0.2) is 0 Å². The van der Waals surface area contributed by atoms with E-state index in [2.05, 4.69) is 6.07 Å². The topological polar surface area (TPSA) is 51.5 Å². The normalized spacial score (nSPS) is 39.2. The number of nitrogens with zero attached hydrogens (tertiary/aromatic N) is 1. The van der Waals surface area contributed by atoms with Crippen molar-refractivity contribution in [3.63, 3.8) is 0 Å². The molecule has 0 radical (unpaired) electrons. The molecule has 0 aliphatic carbocycles. The van der Waals surface area contributed by atoms with Crippen LogP contribution in [-0.2, 0) is 14.2 Å². The Morgan fingerprint density at radius 3 is 3.00 bits per heavy atom. The third-order valence-electron chi connectivity index (χ3n) is 2.44. The van der Waals surface area contributed by atoms with Crippen LogP contribution in [-0.4, -0.2) is 32.2 Å². The molecule has 0 aromatic heterocycles. The second kappa shape index (κ2) is 4.05. The molecule has 0 amide bonds. The average molecular weight is 183 g/mol. The third kappa shape index (κ3) is 1.99. The molecule has 4 nitrogen and oxygen atoms in total. The van der Waals surface area contributed by atoms with E-state index in [9.17, 15) is 0 Å². The van der Waals surface area contributed by atoms with Crippen LogP contribution >= 0.6 is 0 Å². The van der Waals surface area contributed by atoms with E-state index in [0.717, 1.165) is 19.6 Å². The lowest BCUT2D eigenvalue weighted by Gasteiger charge is -2.15. The Bertz CT molecular complexity index is 207. The maximum absolute atomic E-state index is 8.47. The van der Waals surface area contributed by atoms with Gasteiger partial charge in [0.05, 0.1) is 31.8 Å². The minimum Gasteiger partial charge on any atom is -0.381 e. The molecular weight excluding hydrogens is 170 g/mol. The van der Waals surface area contributed by atoms with E-state index in [0.29, 0.717) is 18.9 Å². The number of hydrogen-bond acceptors (Lipinski definition) is 4. The van der Waals surface area contributed by atoms with E-state index in [1.54, 1.807) is 0 Å². The Kier molecular flexibility index (Phi) is 2.79. The fourth-order valence-corrected chi connectivity index (χ4v) is 1.69. The molecule has 72 valence electrons. The van der Waals surface area contributed by atoms with Crippen molar-refractivity contribution in [2.75, 3.05) is 19.8 Å². The predicted octanol–water partition coefficient (Wildman–Crippen LogP) is 0.678. The molecule has 2 fully saturated rings. The van der Waals surface area contributed by atoms with Crippen LogP contribution < -0.4 is 0 Å². The molecule has 2 aliphatic rings. The van der Waals surface area contributed by atoms with Crippen LogP contribution in [0.5, 0.6) is 0 Å². The molecule has 0 spiro atoms. The van der Waals surface area contributed by atoms with Crippen molar-refractivity contribution >= 4 is 0 Å². The molecule has 2 saturated heterocycles. The molecule has 2 heterocycles. The predicted molar refractivity (Wildman–Crippen MR) is 43.8 cm³/mol. The van der Waals surface area contributed by atoms with Gasteiger partial charge in [-0.2, -0.15) is 5.26 Å². The fraction of sp³-hybridized carbons (Fsp3) is 0.889. The second-order valence-corrected chi connectivity index (χ2v) is 3.45. The molecule has 0 saturated carbocycles. The van der Waals surface area contributed by atoms with Gasteiger partial charge in [0.1, 0.15) is 0 Å². The van der Waals surface area contributed by atoms with Gasteiger partial charge >= 0.3 is 0 Å². The summed E-state index contributed by atoms with van der Waals surface area (Å²) in [6.07, 6.45) is 1.25. The Labute approximate surface area is 77.4 Å². The SMILES string of the molecule is N#CCC1COC(C2CCOC2)O1. The van der Waals surface area contributed by atoms with Gasteiger partial charge in [0, 0.05) is 12.5 Å². The maximum Gasteiger partial charge on any atom is 0.163 e. The maximum atomic E-state index is 8.47. The minimum atomic E-state index is -0.138. The molecule has 0 N–H and O–H groups in total. The van der Waals surface area contributed by atoms with Crippen molar-refractivity contribution < 1.29 is 14.2 Å². The Morgan fingerprint density at radius 1 is 1.38 bits per heavy atom. The van der Waals surface area contributed by atoms with E-state index in [-0.39, 0.29) is 12.4 Å². The summed E-state index contributed by atoms with van der Waals surface area (Å²) in [5.41, 5.74) is 0. The van der Waals surface area contributed by atoms with Crippen molar-refractivity contribution in [1.29, 1.82) is 5.26 Å². The van der Waals surface area contributed by atoms with E-state index >= 15 is 0 Å². The zero-order valence-electron chi connectivity index (χ0n) is 7.44. The first kappa shape index (κ1) is 8.95. The van der Waals surface area contributed by atoms with Gasteiger partial charge < -0.3 is 14.2 Å². The van der Waals surface area contributed by atoms with Crippen LogP contribution in [0, 0.1) is 17.2 Å². The Morgan fingerprint density at radius 2 is 2.31 bits per heavy atom. The highest BCUT2D eigenvalue weighted by molar-refractivity contribution is 4.81. The number of nitriles is 1. The highest BCUT2D eigenvalue weighted by atomic mass is 16.7. The fourth-order valence-electron chi connectivity index (χ4n) is 1.69. The number of rotatable bonds is 2. The van der Waals surface area contributed by atoms with Crippen molar-refractivity contribution in [3.8, 4) is 6.07 Å². The van der Waals surface area contributed by atoms with Gasteiger partial charge in [-0.25, -0.2) is 0 Å². The monoisotopic (exact) mass is 183 g/mol. The average Bonchev–Trinajstić information content (AvgIpc) is 2.70. The zero-order valence-corrected chi connectivity index (χ0v) is 7.44. The summed E-state index contributed by atoms with van der Waals surface area (Å²) in [4.78, 5) is 0. The summed E-state index contributed by atoms with van der Waals surface area (Å²) < 4.78 is 16.2.